The van der Waals surface area contributed by atoms with E-state index in [9.17, 15) is 0 Å². The SMILES string of the molecule is COc1c(C)c2c(c(Br)c1N)COCO2.Cl. The summed E-state index contributed by atoms with van der Waals surface area (Å²) < 4.78 is 16.7. The molecule has 0 amide bonds. The molecule has 1 heterocycles. The minimum Gasteiger partial charge on any atom is -0.494 e. The average molecular weight is 311 g/mol. The number of hydrogen-bond donors (Lipinski definition) is 1. The third-order valence-corrected chi connectivity index (χ3v) is 3.34. The van der Waals surface area contributed by atoms with E-state index < -0.39 is 0 Å². The first-order chi connectivity index (χ1) is 7.16. The molecule has 0 atom stereocenters. The molecule has 0 aromatic heterocycles. The van der Waals surface area contributed by atoms with Crippen molar-refractivity contribution in [2.75, 3.05) is 19.6 Å². The van der Waals surface area contributed by atoms with E-state index in [4.69, 9.17) is 19.9 Å². The number of anilines is 1. The molecular formula is C10H13BrClNO3. The van der Waals surface area contributed by atoms with Crippen LogP contribution < -0.4 is 15.2 Å². The Morgan fingerprint density at radius 1 is 1.44 bits per heavy atom. The Hall–Kier alpha value is -0.650. The summed E-state index contributed by atoms with van der Waals surface area (Å²) in [6.45, 7) is 2.70. The fourth-order valence-corrected chi connectivity index (χ4v) is 2.20. The number of ether oxygens (including phenoxy) is 3. The van der Waals surface area contributed by atoms with E-state index >= 15 is 0 Å². The van der Waals surface area contributed by atoms with Crippen molar-refractivity contribution in [2.45, 2.75) is 13.5 Å². The van der Waals surface area contributed by atoms with Gasteiger partial charge >= 0.3 is 0 Å². The lowest BCUT2D eigenvalue weighted by Crippen LogP contribution is -2.14. The molecule has 1 aliphatic rings. The molecule has 4 nitrogen and oxygen atoms in total. The van der Waals surface area contributed by atoms with Crippen molar-refractivity contribution in [1.82, 2.24) is 0 Å². The molecule has 0 saturated heterocycles. The quantitative estimate of drug-likeness (QED) is 0.810. The maximum atomic E-state index is 5.94. The van der Waals surface area contributed by atoms with Crippen LogP contribution in [-0.4, -0.2) is 13.9 Å². The standard InChI is InChI=1S/C10H12BrNO3.ClH/c1-5-9-6(3-14-4-15-9)7(11)8(12)10(5)13-2;/h3-4,12H2,1-2H3;1H. The van der Waals surface area contributed by atoms with Crippen LogP contribution in [0.25, 0.3) is 0 Å². The minimum absolute atomic E-state index is 0. The van der Waals surface area contributed by atoms with E-state index in [2.05, 4.69) is 15.9 Å². The number of nitrogens with two attached hydrogens (primary N) is 1. The van der Waals surface area contributed by atoms with E-state index in [0.29, 0.717) is 18.0 Å². The van der Waals surface area contributed by atoms with Crippen molar-refractivity contribution in [3.63, 3.8) is 0 Å². The van der Waals surface area contributed by atoms with Crippen LogP contribution in [0.2, 0.25) is 0 Å². The Morgan fingerprint density at radius 3 is 2.75 bits per heavy atom. The molecule has 0 spiro atoms. The third-order valence-electron chi connectivity index (χ3n) is 2.44. The van der Waals surface area contributed by atoms with Gasteiger partial charge in [0.05, 0.1) is 23.9 Å². The first-order valence-corrected chi connectivity index (χ1v) is 5.31. The Bertz CT molecular complexity index is 412. The molecule has 0 radical (unpaired) electrons. The number of methoxy groups -OCH3 is 1. The molecule has 0 aliphatic carbocycles. The summed E-state index contributed by atoms with van der Waals surface area (Å²) >= 11 is 3.43. The highest BCUT2D eigenvalue weighted by Crippen LogP contribution is 2.44. The monoisotopic (exact) mass is 309 g/mol. The van der Waals surface area contributed by atoms with Gasteiger partial charge in [0.2, 0.25) is 0 Å². The molecule has 0 bridgehead atoms. The van der Waals surface area contributed by atoms with Crippen LogP contribution in [0.5, 0.6) is 11.5 Å². The van der Waals surface area contributed by atoms with Crippen LogP contribution in [0.15, 0.2) is 4.47 Å². The van der Waals surface area contributed by atoms with E-state index in [1.165, 1.54) is 0 Å². The van der Waals surface area contributed by atoms with Crippen LogP contribution in [0.4, 0.5) is 5.69 Å². The molecular weight excluding hydrogens is 297 g/mol. The Balaban J connectivity index is 0.00000128. The average Bonchev–Trinajstić information content (AvgIpc) is 2.27. The fourth-order valence-electron chi connectivity index (χ4n) is 1.73. The van der Waals surface area contributed by atoms with E-state index in [-0.39, 0.29) is 19.2 Å². The highest BCUT2D eigenvalue weighted by molar-refractivity contribution is 9.10. The zero-order chi connectivity index (χ0) is 11.0. The molecule has 0 fully saturated rings. The van der Waals surface area contributed by atoms with Crippen molar-refractivity contribution in [3.8, 4) is 11.5 Å². The van der Waals surface area contributed by atoms with Gasteiger partial charge in [0.15, 0.2) is 6.79 Å². The Labute approximate surface area is 109 Å². The zero-order valence-electron chi connectivity index (χ0n) is 9.00. The van der Waals surface area contributed by atoms with Gasteiger partial charge in [0.1, 0.15) is 11.5 Å². The Morgan fingerprint density at radius 2 is 2.12 bits per heavy atom. The van der Waals surface area contributed by atoms with Gasteiger partial charge in [-0.25, -0.2) is 0 Å². The zero-order valence-corrected chi connectivity index (χ0v) is 11.4. The number of hydrogen-bond acceptors (Lipinski definition) is 4. The lowest BCUT2D eigenvalue weighted by Gasteiger charge is -2.23. The van der Waals surface area contributed by atoms with Gasteiger partial charge in [-0.1, -0.05) is 0 Å². The number of rotatable bonds is 1. The van der Waals surface area contributed by atoms with Crippen LogP contribution in [0.1, 0.15) is 11.1 Å². The highest BCUT2D eigenvalue weighted by Gasteiger charge is 2.23. The first-order valence-electron chi connectivity index (χ1n) is 4.51. The number of fused-ring (bicyclic) bond motifs is 1. The van der Waals surface area contributed by atoms with Crippen molar-refractivity contribution in [2.24, 2.45) is 0 Å². The second kappa shape index (κ2) is 5.12. The maximum Gasteiger partial charge on any atom is 0.189 e. The lowest BCUT2D eigenvalue weighted by atomic mass is 10.1. The summed E-state index contributed by atoms with van der Waals surface area (Å²) in [6, 6.07) is 0. The second-order valence-corrected chi connectivity index (χ2v) is 4.10. The predicted molar refractivity (Wildman–Crippen MR) is 67.4 cm³/mol. The van der Waals surface area contributed by atoms with Crippen LogP contribution >= 0.6 is 28.3 Å². The molecule has 1 aromatic rings. The fraction of sp³-hybridized carbons (Fsp3) is 0.400. The van der Waals surface area contributed by atoms with Gasteiger partial charge in [-0.15, -0.1) is 12.4 Å². The van der Waals surface area contributed by atoms with E-state index in [1.807, 2.05) is 6.92 Å². The summed E-state index contributed by atoms with van der Waals surface area (Å²) in [5, 5.41) is 0. The Kier molecular flexibility index (Phi) is 4.29. The highest BCUT2D eigenvalue weighted by atomic mass is 79.9. The smallest absolute Gasteiger partial charge is 0.189 e. The predicted octanol–water partition coefficient (Wildman–Crippen LogP) is 2.64. The second-order valence-electron chi connectivity index (χ2n) is 3.30. The van der Waals surface area contributed by atoms with E-state index in [0.717, 1.165) is 21.3 Å². The minimum atomic E-state index is 0. The van der Waals surface area contributed by atoms with Gasteiger partial charge in [0.25, 0.3) is 0 Å². The summed E-state index contributed by atoms with van der Waals surface area (Å²) in [6.07, 6.45) is 0. The van der Waals surface area contributed by atoms with Crippen molar-refractivity contribution in [3.05, 3.63) is 15.6 Å². The molecule has 1 aliphatic heterocycles. The summed E-state index contributed by atoms with van der Waals surface area (Å²) in [5.41, 5.74) is 8.38. The molecule has 1 aromatic carbocycles. The van der Waals surface area contributed by atoms with Gasteiger partial charge < -0.3 is 19.9 Å². The van der Waals surface area contributed by atoms with Crippen molar-refractivity contribution >= 4 is 34.0 Å². The van der Waals surface area contributed by atoms with E-state index in [1.54, 1.807) is 7.11 Å². The molecule has 2 rings (SSSR count). The van der Waals surface area contributed by atoms with Crippen molar-refractivity contribution in [1.29, 1.82) is 0 Å². The third kappa shape index (κ3) is 1.95. The molecule has 0 unspecified atom stereocenters. The summed E-state index contributed by atoms with van der Waals surface area (Å²) in [7, 11) is 1.59. The van der Waals surface area contributed by atoms with Crippen molar-refractivity contribution < 1.29 is 14.2 Å². The summed E-state index contributed by atoms with van der Waals surface area (Å²) in [4.78, 5) is 0. The number of nitrogen functional groups attached to an aromatic ring is 1. The van der Waals surface area contributed by atoms with Crippen LogP contribution in [0.3, 0.4) is 0 Å². The number of halogens is 2. The number of benzene rings is 1. The maximum absolute atomic E-state index is 5.94. The van der Waals surface area contributed by atoms with Gasteiger partial charge in [-0.3, -0.25) is 0 Å². The molecule has 2 N–H and O–H groups in total. The van der Waals surface area contributed by atoms with Gasteiger partial charge in [-0.05, 0) is 22.9 Å². The molecule has 16 heavy (non-hydrogen) atoms. The van der Waals surface area contributed by atoms with Gasteiger partial charge in [-0.2, -0.15) is 0 Å². The first kappa shape index (κ1) is 13.4. The lowest BCUT2D eigenvalue weighted by molar-refractivity contribution is -0.0173. The summed E-state index contributed by atoms with van der Waals surface area (Å²) in [5.74, 6) is 1.46. The molecule has 0 saturated carbocycles. The largest absolute Gasteiger partial charge is 0.494 e. The topological polar surface area (TPSA) is 53.7 Å². The molecule has 6 heteroatoms. The normalized spacial score (nSPS) is 13.4. The molecule has 90 valence electrons. The van der Waals surface area contributed by atoms with Gasteiger partial charge in [0, 0.05) is 11.1 Å². The van der Waals surface area contributed by atoms with Crippen LogP contribution in [0, 0.1) is 6.92 Å². The van der Waals surface area contributed by atoms with Crippen LogP contribution in [-0.2, 0) is 11.3 Å².